The molecule has 0 radical (unpaired) electrons. The number of aromatic nitrogens is 1. The number of aryl methyl sites for hydroxylation is 2. The Morgan fingerprint density at radius 2 is 2.24 bits per heavy atom. The van der Waals surface area contributed by atoms with Gasteiger partial charge in [-0.05, 0) is 30.7 Å². The number of thiophene rings is 1. The van der Waals surface area contributed by atoms with Gasteiger partial charge in [0, 0.05) is 22.5 Å². The van der Waals surface area contributed by atoms with Crippen molar-refractivity contribution in [3.63, 3.8) is 0 Å². The first-order valence-corrected chi connectivity index (χ1v) is 8.45. The lowest BCUT2D eigenvalue weighted by molar-refractivity contribution is 0.0697. The molecule has 7 heteroatoms. The van der Waals surface area contributed by atoms with Crippen LogP contribution in [0.3, 0.4) is 0 Å². The second kappa shape index (κ2) is 5.57. The molecule has 0 atom stereocenters. The molecule has 1 aliphatic rings. The van der Waals surface area contributed by atoms with Gasteiger partial charge in [0.15, 0.2) is 0 Å². The van der Waals surface area contributed by atoms with E-state index < -0.39 is 5.97 Å². The number of fused-ring (bicyclic) bond motifs is 1. The maximum Gasteiger partial charge on any atom is 0.339 e. The average molecular weight is 322 g/mol. The maximum absolute atomic E-state index is 12.3. The monoisotopic (exact) mass is 322 g/mol. The molecule has 0 bridgehead atoms. The van der Waals surface area contributed by atoms with Crippen LogP contribution in [0, 0.1) is 6.92 Å². The average Bonchev–Trinajstić information content (AvgIpc) is 3.02. The third-order valence-corrected chi connectivity index (χ3v) is 5.63. The molecule has 0 fully saturated rings. The number of carboxylic acid groups (broad SMARTS) is 1. The van der Waals surface area contributed by atoms with Crippen molar-refractivity contribution in [3.8, 4) is 0 Å². The molecule has 0 saturated carbocycles. The van der Waals surface area contributed by atoms with Gasteiger partial charge in [0.1, 0.15) is 5.56 Å². The third-order valence-electron chi connectivity index (χ3n) is 3.39. The van der Waals surface area contributed by atoms with Crippen LogP contribution in [0.15, 0.2) is 12.3 Å². The van der Waals surface area contributed by atoms with Crippen LogP contribution in [0.1, 0.15) is 36.2 Å². The van der Waals surface area contributed by atoms with Crippen LogP contribution in [0.5, 0.6) is 0 Å². The number of carbonyl (C=O) groups excluding carboxylic acids is 1. The van der Waals surface area contributed by atoms with Crippen molar-refractivity contribution in [2.24, 2.45) is 0 Å². The molecular weight excluding hydrogens is 308 g/mol. The van der Waals surface area contributed by atoms with Gasteiger partial charge in [0.05, 0.1) is 10.6 Å². The Morgan fingerprint density at radius 3 is 2.95 bits per heavy atom. The minimum absolute atomic E-state index is 0.111. The number of aromatic carboxylic acids is 1. The summed E-state index contributed by atoms with van der Waals surface area (Å²) >= 11 is 3.37. The van der Waals surface area contributed by atoms with Crippen molar-refractivity contribution < 1.29 is 14.7 Å². The zero-order chi connectivity index (χ0) is 15.0. The number of anilines is 1. The Morgan fingerprint density at radius 1 is 1.43 bits per heavy atom. The van der Waals surface area contributed by atoms with Gasteiger partial charge >= 0.3 is 5.97 Å². The van der Waals surface area contributed by atoms with Crippen LogP contribution in [-0.4, -0.2) is 27.7 Å². The molecule has 0 spiro atoms. The zero-order valence-corrected chi connectivity index (χ0v) is 13.0. The highest BCUT2D eigenvalue weighted by molar-refractivity contribution is 7.98. The zero-order valence-electron chi connectivity index (χ0n) is 11.4. The van der Waals surface area contributed by atoms with Crippen molar-refractivity contribution in [3.05, 3.63) is 38.8 Å². The number of thioether (sulfide) groups is 1. The summed E-state index contributed by atoms with van der Waals surface area (Å²) in [4.78, 5) is 28.2. The number of amides is 1. The minimum Gasteiger partial charge on any atom is -0.478 e. The molecule has 3 N–H and O–H groups in total. The quantitative estimate of drug-likeness (QED) is 0.811. The molecule has 1 amide bonds. The Hall–Kier alpha value is -1.73. The summed E-state index contributed by atoms with van der Waals surface area (Å²) in [5.74, 6) is 0.740. The molecule has 0 unspecified atom stereocenters. The standard InChI is InChI=1S/C14H14N2O3S2/c1-7-12(14(18)19)9(5-15-7)16-13(17)11-4-8-6-20-3-2-10(8)21-11/h4-5,15H,2-3,6H2,1H3,(H,16,17)(H,18,19). The van der Waals surface area contributed by atoms with Gasteiger partial charge in [-0.1, -0.05) is 0 Å². The van der Waals surface area contributed by atoms with Gasteiger partial charge in [0.25, 0.3) is 5.91 Å². The van der Waals surface area contributed by atoms with E-state index in [4.69, 9.17) is 0 Å². The SMILES string of the molecule is Cc1[nH]cc(NC(=O)c2cc3c(s2)CCSC3)c1C(=O)O. The Bertz CT molecular complexity index is 694. The van der Waals surface area contributed by atoms with Gasteiger partial charge in [-0.15, -0.1) is 11.3 Å². The summed E-state index contributed by atoms with van der Waals surface area (Å²) in [5.41, 5.74) is 2.18. The van der Waals surface area contributed by atoms with Gasteiger partial charge in [-0.3, -0.25) is 4.79 Å². The lowest BCUT2D eigenvalue weighted by atomic mass is 10.2. The molecule has 3 rings (SSSR count). The normalized spacial score (nSPS) is 13.8. The summed E-state index contributed by atoms with van der Waals surface area (Å²) < 4.78 is 0. The summed E-state index contributed by atoms with van der Waals surface area (Å²) in [7, 11) is 0. The Balaban J connectivity index is 1.83. The van der Waals surface area contributed by atoms with Gasteiger partial charge in [-0.2, -0.15) is 11.8 Å². The summed E-state index contributed by atoms with van der Waals surface area (Å²) in [6.45, 7) is 1.67. The molecular formula is C14H14N2O3S2. The third kappa shape index (κ3) is 2.71. The fraction of sp³-hybridized carbons (Fsp3) is 0.286. The predicted octanol–water partition coefficient (Wildman–Crippen LogP) is 3.12. The van der Waals surface area contributed by atoms with Crippen molar-refractivity contribution in [2.45, 2.75) is 19.1 Å². The van der Waals surface area contributed by atoms with Crippen molar-refractivity contribution in [1.82, 2.24) is 4.98 Å². The fourth-order valence-electron chi connectivity index (χ4n) is 2.34. The van der Waals surface area contributed by atoms with Crippen LogP contribution in [-0.2, 0) is 12.2 Å². The lowest BCUT2D eigenvalue weighted by Crippen LogP contribution is -2.12. The number of carbonyl (C=O) groups is 2. The number of H-pyrrole nitrogens is 1. The molecule has 1 aliphatic heterocycles. The molecule has 110 valence electrons. The van der Waals surface area contributed by atoms with Crippen LogP contribution >= 0.6 is 23.1 Å². The summed E-state index contributed by atoms with van der Waals surface area (Å²) in [6, 6.07) is 1.92. The molecule has 0 saturated heterocycles. The van der Waals surface area contributed by atoms with Crippen LogP contribution in [0.2, 0.25) is 0 Å². The van der Waals surface area contributed by atoms with E-state index in [2.05, 4.69) is 10.3 Å². The second-order valence-corrected chi connectivity index (χ2v) is 7.07. The van der Waals surface area contributed by atoms with E-state index >= 15 is 0 Å². The highest BCUT2D eigenvalue weighted by Crippen LogP contribution is 2.32. The Kier molecular flexibility index (Phi) is 3.77. The van der Waals surface area contributed by atoms with Crippen LogP contribution in [0.25, 0.3) is 0 Å². The van der Waals surface area contributed by atoms with E-state index in [9.17, 15) is 14.7 Å². The van der Waals surface area contributed by atoms with E-state index in [0.29, 0.717) is 16.3 Å². The van der Waals surface area contributed by atoms with E-state index in [1.807, 2.05) is 17.8 Å². The first-order chi connectivity index (χ1) is 10.1. The molecule has 2 aromatic heterocycles. The van der Waals surface area contributed by atoms with Gasteiger partial charge < -0.3 is 15.4 Å². The number of aromatic amines is 1. The van der Waals surface area contributed by atoms with Crippen LogP contribution < -0.4 is 5.32 Å². The summed E-state index contributed by atoms with van der Waals surface area (Å²) in [5, 5.41) is 11.9. The fourth-order valence-corrected chi connectivity index (χ4v) is 4.61. The number of nitrogens with one attached hydrogen (secondary N) is 2. The number of carboxylic acids is 1. The largest absolute Gasteiger partial charge is 0.478 e. The van der Waals surface area contributed by atoms with Crippen molar-refractivity contribution in [1.29, 1.82) is 0 Å². The first kappa shape index (κ1) is 14.2. The molecule has 21 heavy (non-hydrogen) atoms. The lowest BCUT2D eigenvalue weighted by Gasteiger charge is -2.08. The molecule has 2 aromatic rings. The van der Waals surface area contributed by atoms with E-state index in [-0.39, 0.29) is 11.5 Å². The van der Waals surface area contributed by atoms with E-state index in [1.54, 1.807) is 6.92 Å². The van der Waals surface area contributed by atoms with E-state index in [1.165, 1.54) is 28.0 Å². The van der Waals surface area contributed by atoms with Gasteiger partial charge in [0.2, 0.25) is 0 Å². The van der Waals surface area contributed by atoms with Gasteiger partial charge in [-0.25, -0.2) is 4.79 Å². The minimum atomic E-state index is -1.05. The van der Waals surface area contributed by atoms with E-state index in [0.717, 1.165) is 17.9 Å². The topological polar surface area (TPSA) is 82.2 Å². The maximum atomic E-state index is 12.3. The number of hydrogen-bond acceptors (Lipinski definition) is 4. The predicted molar refractivity (Wildman–Crippen MR) is 84.6 cm³/mol. The number of rotatable bonds is 3. The van der Waals surface area contributed by atoms with Crippen LogP contribution in [0.4, 0.5) is 5.69 Å². The number of hydrogen-bond donors (Lipinski definition) is 3. The first-order valence-electron chi connectivity index (χ1n) is 6.48. The molecule has 0 aliphatic carbocycles. The second-order valence-electron chi connectivity index (χ2n) is 4.82. The van der Waals surface area contributed by atoms with Crippen molar-refractivity contribution >= 4 is 40.7 Å². The molecule has 3 heterocycles. The molecule has 0 aromatic carbocycles. The Labute approximate surface area is 129 Å². The highest BCUT2D eigenvalue weighted by Gasteiger charge is 2.21. The summed E-state index contributed by atoms with van der Waals surface area (Å²) in [6.07, 6.45) is 2.52. The highest BCUT2D eigenvalue weighted by atomic mass is 32.2. The van der Waals surface area contributed by atoms with Crippen molar-refractivity contribution in [2.75, 3.05) is 11.1 Å². The smallest absolute Gasteiger partial charge is 0.339 e. The molecule has 5 nitrogen and oxygen atoms in total.